The van der Waals surface area contributed by atoms with Gasteiger partial charge in [-0.3, -0.25) is 5.01 Å². The molecule has 0 amide bonds. The highest BCUT2D eigenvalue weighted by molar-refractivity contribution is 5.80. The highest BCUT2D eigenvalue weighted by atomic mass is 16.5. The third-order valence-electron chi connectivity index (χ3n) is 3.97. The van der Waals surface area contributed by atoms with E-state index in [1.165, 1.54) is 19.3 Å². The molecule has 0 spiro atoms. The van der Waals surface area contributed by atoms with Crippen molar-refractivity contribution in [2.75, 3.05) is 13.7 Å². The second-order valence-corrected chi connectivity index (χ2v) is 5.61. The first kappa shape index (κ1) is 16.2. The lowest BCUT2D eigenvalue weighted by molar-refractivity contribution is 0.109. The molecule has 0 bridgehead atoms. The van der Waals surface area contributed by atoms with Crippen LogP contribution in [0, 0.1) is 11.3 Å². The maximum absolute atomic E-state index is 8.58. The van der Waals surface area contributed by atoms with E-state index >= 15 is 0 Å². The minimum absolute atomic E-state index is 0.00655. The molecule has 5 nitrogen and oxygen atoms in total. The first-order valence-electron chi connectivity index (χ1n) is 7.65. The minimum Gasteiger partial charge on any atom is -0.493 e. The zero-order valence-corrected chi connectivity index (χ0v) is 13.5. The molecule has 2 rings (SSSR count). The number of piperidine rings is 1. The van der Waals surface area contributed by atoms with Crippen LogP contribution in [0.1, 0.15) is 38.7 Å². The van der Waals surface area contributed by atoms with Crippen LogP contribution in [0.3, 0.4) is 0 Å². The van der Waals surface area contributed by atoms with Gasteiger partial charge in [0.25, 0.3) is 0 Å². The van der Waals surface area contributed by atoms with Crippen LogP contribution < -0.4 is 9.47 Å². The number of ether oxygens (including phenoxy) is 2. The molecule has 2 atom stereocenters. The number of benzene rings is 1. The van der Waals surface area contributed by atoms with E-state index < -0.39 is 0 Å². The van der Waals surface area contributed by atoms with Crippen molar-refractivity contribution < 1.29 is 9.47 Å². The predicted molar refractivity (Wildman–Crippen MR) is 86.3 cm³/mol. The quantitative estimate of drug-likeness (QED) is 0.784. The van der Waals surface area contributed by atoms with Gasteiger partial charge in [-0.15, -0.1) is 0 Å². The molecule has 0 N–H and O–H groups in total. The van der Waals surface area contributed by atoms with Crippen molar-refractivity contribution in [3.05, 3.63) is 23.8 Å². The molecule has 0 aliphatic carbocycles. The van der Waals surface area contributed by atoms with E-state index in [1.807, 2.05) is 24.4 Å². The van der Waals surface area contributed by atoms with Crippen LogP contribution in [0.2, 0.25) is 0 Å². The zero-order valence-electron chi connectivity index (χ0n) is 13.5. The van der Waals surface area contributed by atoms with E-state index in [0.717, 1.165) is 5.56 Å². The SMILES string of the molecule is COc1cc(/C=N\N2[C@@H](C)CCC[C@@H]2C)ccc1OCC#N. The average molecular weight is 301 g/mol. The van der Waals surface area contributed by atoms with Gasteiger partial charge in [-0.25, -0.2) is 0 Å². The molecular formula is C17H23N3O2. The van der Waals surface area contributed by atoms with Crippen LogP contribution in [0.25, 0.3) is 0 Å². The van der Waals surface area contributed by atoms with Gasteiger partial charge in [-0.1, -0.05) is 0 Å². The fourth-order valence-corrected chi connectivity index (χ4v) is 2.76. The summed E-state index contributed by atoms with van der Waals surface area (Å²) in [7, 11) is 1.59. The summed E-state index contributed by atoms with van der Waals surface area (Å²) >= 11 is 0. The third kappa shape index (κ3) is 3.91. The molecule has 0 unspecified atom stereocenters. The van der Waals surface area contributed by atoms with E-state index in [1.54, 1.807) is 13.2 Å². The van der Waals surface area contributed by atoms with Crippen LogP contribution in [0.5, 0.6) is 11.5 Å². The maximum Gasteiger partial charge on any atom is 0.174 e. The molecule has 1 fully saturated rings. The number of hydrogen-bond donors (Lipinski definition) is 0. The standard InChI is InChI=1S/C17H23N3O2/c1-13-5-4-6-14(2)20(13)19-12-15-7-8-16(22-10-9-18)17(11-15)21-3/h7-8,11-14H,4-6,10H2,1-3H3/b19-12-/t13-,14-/m0/s1. The van der Waals surface area contributed by atoms with Crippen molar-refractivity contribution in [1.29, 1.82) is 5.26 Å². The van der Waals surface area contributed by atoms with Crippen molar-refractivity contribution in [2.45, 2.75) is 45.2 Å². The summed E-state index contributed by atoms with van der Waals surface area (Å²) in [6.45, 7) is 4.44. The number of nitrogens with zero attached hydrogens (tertiary/aromatic N) is 3. The fourth-order valence-electron chi connectivity index (χ4n) is 2.76. The Kier molecular flexibility index (Phi) is 5.65. The average Bonchev–Trinajstić information content (AvgIpc) is 2.52. The van der Waals surface area contributed by atoms with Gasteiger partial charge in [-0.2, -0.15) is 10.4 Å². The van der Waals surface area contributed by atoms with E-state index in [-0.39, 0.29) is 6.61 Å². The van der Waals surface area contributed by atoms with Gasteiger partial charge in [0, 0.05) is 12.1 Å². The maximum atomic E-state index is 8.58. The van der Waals surface area contributed by atoms with Crippen molar-refractivity contribution in [1.82, 2.24) is 5.01 Å². The molecular weight excluding hydrogens is 278 g/mol. The smallest absolute Gasteiger partial charge is 0.174 e. The molecule has 0 aromatic heterocycles. The van der Waals surface area contributed by atoms with E-state index in [0.29, 0.717) is 23.6 Å². The normalized spacial score (nSPS) is 21.6. The molecule has 0 radical (unpaired) electrons. The Bertz CT molecular complexity index is 556. The predicted octanol–water partition coefficient (Wildman–Crippen LogP) is 3.19. The topological polar surface area (TPSA) is 57.9 Å². The molecule has 1 heterocycles. The zero-order chi connectivity index (χ0) is 15.9. The van der Waals surface area contributed by atoms with Crippen LogP contribution in [0.4, 0.5) is 0 Å². The summed E-state index contributed by atoms with van der Waals surface area (Å²) in [5.41, 5.74) is 0.950. The largest absolute Gasteiger partial charge is 0.493 e. The Hall–Kier alpha value is -2.22. The minimum atomic E-state index is 0.00655. The van der Waals surface area contributed by atoms with Crippen LogP contribution >= 0.6 is 0 Å². The summed E-state index contributed by atoms with van der Waals surface area (Å²) in [5.74, 6) is 1.18. The lowest BCUT2D eigenvalue weighted by Crippen LogP contribution is -2.39. The number of rotatable bonds is 5. The van der Waals surface area contributed by atoms with Gasteiger partial charge in [0.15, 0.2) is 18.1 Å². The molecule has 1 aromatic carbocycles. The lowest BCUT2D eigenvalue weighted by atomic mass is 10.00. The molecule has 1 saturated heterocycles. The van der Waals surface area contributed by atoms with Crippen LogP contribution in [-0.4, -0.2) is 37.0 Å². The summed E-state index contributed by atoms with van der Waals surface area (Å²) in [4.78, 5) is 0. The highest BCUT2D eigenvalue weighted by Crippen LogP contribution is 2.28. The van der Waals surface area contributed by atoms with E-state index in [4.69, 9.17) is 14.7 Å². The Morgan fingerprint density at radius 3 is 2.68 bits per heavy atom. The Balaban J connectivity index is 2.12. The van der Waals surface area contributed by atoms with Gasteiger partial charge >= 0.3 is 0 Å². The Labute approximate surface area is 132 Å². The van der Waals surface area contributed by atoms with Crippen LogP contribution in [-0.2, 0) is 0 Å². The van der Waals surface area contributed by atoms with Gasteiger partial charge in [0.1, 0.15) is 6.07 Å². The Morgan fingerprint density at radius 2 is 2.05 bits per heavy atom. The molecule has 22 heavy (non-hydrogen) atoms. The second-order valence-electron chi connectivity index (χ2n) is 5.61. The molecule has 1 aliphatic heterocycles. The van der Waals surface area contributed by atoms with E-state index in [2.05, 4.69) is 24.0 Å². The molecule has 0 saturated carbocycles. The summed E-state index contributed by atoms with van der Waals surface area (Å²) < 4.78 is 10.6. The van der Waals surface area contributed by atoms with Crippen molar-refractivity contribution in [3.63, 3.8) is 0 Å². The first-order valence-corrected chi connectivity index (χ1v) is 7.65. The van der Waals surface area contributed by atoms with Gasteiger partial charge < -0.3 is 9.47 Å². The van der Waals surface area contributed by atoms with Crippen molar-refractivity contribution >= 4 is 6.21 Å². The highest BCUT2D eigenvalue weighted by Gasteiger charge is 2.22. The summed E-state index contributed by atoms with van der Waals surface area (Å²) in [6, 6.07) is 8.49. The summed E-state index contributed by atoms with van der Waals surface area (Å²) in [5, 5.41) is 15.4. The second kappa shape index (κ2) is 7.69. The fraction of sp³-hybridized carbons (Fsp3) is 0.529. The lowest BCUT2D eigenvalue weighted by Gasteiger charge is -2.36. The monoisotopic (exact) mass is 301 g/mol. The van der Waals surface area contributed by atoms with E-state index in [9.17, 15) is 0 Å². The number of hydrogen-bond acceptors (Lipinski definition) is 5. The molecule has 5 heteroatoms. The van der Waals surface area contributed by atoms with Crippen LogP contribution in [0.15, 0.2) is 23.3 Å². The molecule has 118 valence electrons. The van der Waals surface area contributed by atoms with Crippen molar-refractivity contribution in [2.24, 2.45) is 5.10 Å². The van der Waals surface area contributed by atoms with Gasteiger partial charge in [-0.05, 0) is 56.9 Å². The Morgan fingerprint density at radius 1 is 1.32 bits per heavy atom. The first-order chi connectivity index (χ1) is 10.7. The molecule has 1 aromatic rings. The van der Waals surface area contributed by atoms with Crippen molar-refractivity contribution in [3.8, 4) is 17.6 Å². The number of hydrazone groups is 1. The number of methoxy groups -OCH3 is 1. The number of nitriles is 1. The van der Waals surface area contributed by atoms with Gasteiger partial charge in [0.2, 0.25) is 0 Å². The third-order valence-corrected chi connectivity index (χ3v) is 3.97. The van der Waals surface area contributed by atoms with Gasteiger partial charge in [0.05, 0.1) is 13.3 Å². The summed E-state index contributed by atoms with van der Waals surface area (Å²) in [6.07, 6.45) is 5.50. The molecule has 1 aliphatic rings.